The van der Waals surface area contributed by atoms with Gasteiger partial charge >= 0.3 is 0 Å². The molecule has 1 saturated heterocycles. The Kier molecular flexibility index (Phi) is 7.60. The Labute approximate surface area is 116 Å². The van der Waals surface area contributed by atoms with Gasteiger partial charge in [0.1, 0.15) is 0 Å². The molecule has 0 aliphatic carbocycles. The molecule has 2 N–H and O–H groups in total. The summed E-state index contributed by atoms with van der Waals surface area (Å²) in [6.45, 7) is 5.04. The van der Waals surface area contributed by atoms with Crippen molar-refractivity contribution in [2.45, 2.75) is 51.6 Å². The van der Waals surface area contributed by atoms with Crippen molar-refractivity contribution in [3.05, 3.63) is 0 Å². The molecule has 2 unspecified atom stereocenters. The lowest BCUT2D eigenvalue weighted by atomic mass is 10.0. The summed E-state index contributed by atoms with van der Waals surface area (Å²) in [5.74, 6) is 2.11. The maximum absolute atomic E-state index is 11.9. The second-order valence-electron chi connectivity index (χ2n) is 4.93. The second kappa shape index (κ2) is 8.40. The highest BCUT2D eigenvalue weighted by atomic mass is 32.2. The van der Waals surface area contributed by atoms with Crippen molar-refractivity contribution in [1.82, 2.24) is 10.0 Å². The molecule has 0 spiro atoms. The predicted octanol–water partition coefficient (Wildman–Crippen LogP) is 1.58. The highest BCUT2D eigenvalue weighted by Gasteiger charge is 2.18. The summed E-state index contributed by atoms with van der Waals surface area (Å²) in [5, 5.41) is 3.38. The Balaban J connectivity index is 2.25. The Bertz CT molecular complexity index is 314. The molecule has 0 bridgehead atoms. The lowest BCUT2D eigenvalue weighted by molar-refractivity contribution is 0.392. The molecule has 0 aromatic carbocycles. The van der Waals surface area contributed by atoms with Crippen LogP contribution in [0.3, 0.4) is 0 Å². The van der Waals surface area contributed by atoms with Gasteiger partial charge in [-0.2, -0.15) is 11.8 Å². The van der Waals surface area contributed by atoms with Gasteiger partial charge in [-0.25, -0.2) is 13.1 Å². The number of sulfonamides is 1. The van der Waals surface area contributed by atoms with Gasteiger partial charge in [-0.1, -0.05) is 13.3 Å². The van der Waals surface area contributed by atoms with E-state index in [1.54, 1.807) is 11.8 Å². The Morgan fingerprint density at radius 1 is 1.44 bits per heavy atom. The van der Waals surface area contributed by atoms with Gasteiger partial charge in [0, 0.05) is 17.8 Å². The number of piperidine rings is 1. The number of thioether (sulfide) groups is 1. The highest BCUT2D eigenvalue weighted by molar-refractivity contribution is 7.99. The lowest BCUT2D eigenvalue weighted by Gasteiger charge is -2.23. The summed E-state index contributed by atoms with van der Waals surface area (Å²) >= 11 is 1.76. The van der Waals surface area contributed by atoms with E-state index < -0.39 is 10.0 Å². The average Bonchev–Trinajstić information content (AvgIpc) is 2.35. The summed E-state index contributed by atoms with van der Waals surface area (Å²) in [5.41, 5.74) is 0. The van der Waals surface area contributed by atoms with E-state index in [1.165, 1.54) is 12.8 Å². The summed E-state index contributed by atoms with van der Waals surface area (Å²) in [7, 11) is -3.11. The van der Waals surface area contributed by atoms with E-state index in [9.17, 15) is 8.42 Å². The number of nitrogens with one attached hydrogen (secondary N) is 2. The average molecular weight is 294 g/mol. The van der Waals surface area contributed by atoms with Crippen molar-refractivity contribution in [3.63, 3.8) is 0 Å². The third kappa shape index (κ3) is 6.97. The molecule has 2 atom stereocenters. The molecule has 0 aromatic heterocycles. The molecule has 1 aliphatic rings. The first-order chi connectivity index (χ1) is 8.53. The third-order valence-corrected chi connectivity index (χ3v) is 5.78. The largest absolute Gasteiger partial charge is 0.314 e. The number of rotatable bonds is 8. The van der Waals surface area contributed by atoms with Crippen molar-refractivity contribution in [2.24, 2.45) is 0 Å². The van der Waals surface area contributed by atoms with Crippen LogP contribution in [0.5, 0.6) is 0 Å². The molecule has 1 aliphatic heterocycles. The number of hydrogen-bond acceptors (Lipinski definition) is 4. The van der Waals surface area contributed by atoms with Crippen molar-refractivity contribution >= 4 is 21.8 Å². The van der Waals surface area contributed by atoms with E-state index in [1.807, 2.05) is 6.92 Å². The van der Waals surface area contributed by atoms with Crippen LogP contribution in [0.25, 0.3) is 0 Å². The fraction of sp³-hybridized carbons (Fsp3) is 1.00. The van der Waals surface area contributed by atoms with Crippen LogP contribution < -0.4 is 10.0 Å². The second-order valence-corrected chi connectivity index (χ2v) is 8.13. The van der Waals surface area contributed by atoms with E-state index in [0.29, 0.717) is 6.04 Å². The SMILES string of the molecule is CCSCC(C)NS(=O)(=O)CCC1CCCCN1. The van der Waals surface area contributed by atoms with E-state index in [4.69, 9.17) is 0 Å². The van der Waals surface area contributed by atoms with Gasteiger partial charge in [0.05, 0.1) is 5.75 Å². The van der Waals surface area contributed by atoms with Crippen LogP contribution in [-0.4, -0.2) is 44.3 Å². The zero-order chi connectivity index (χ0) is 13.4. The monoisotopic (exact) mass is 294 g/mol. The topological polar surface area (TPSA) is 58.2 Å². The number of hydrogen-bond donors (Lipinski definition) is 2. The van der Waals surface area contributed by atoms with Crippen LogP contribution in [0, 0.1) is 0 Å². The van der Waals surface area contributed by atoms with E-state index >= 15 is 0 Å². The molecule has 108 valence electrons. The van der Waals surface area contributed by atoms with Crippen LogP contribution in [0.4, 0.5) is 0 Å². The van der Waals surface area contributed by atoms with Gasteiger partial charge in [-0.3, -0.25) is 0 Å². The molecule has 1 heterocycles. The molecule has 18 heavy (non-hydrogen) atoms. The molecule has 0 saturated carbocycles. The van der Waals surface area contributed by atoms with Crippen LogP contribution >= 0.6 is 11.8 Å². The van der Waals surface area contributed by atoms with Crippen molar-refractivity contribution in [1.29, 1.82) is 0 Å². The quantitative estimate of drug-likeness (QED) is 0.713. The maximum atomic E-state index is 11.9. The normalized spacial score (nSPS) is 22.9. The molecule has 0 aromatic rings. The van der Waals surface area contributed by atoms with Gasteiger partial charge < -0.3 is 5.32 Å². The third-order valence-electron chi connectivity index (χ3n) is 3.10. The van der Waals surface area contributed by atoms with Crippen LogP contribution in [0.1, 0.15) is 39.5 Å². The van der Waals surface area contributed by atoms with Crippen LogP contribution in [0.15, 0.2) is 0 Å². The molecular weight excluding hydrogens is 268 g/mol. The van der Waals surface area contributed by atoms with Crippen LogP contribution in [-0.2, 0) is 10.0 Å². The fourth-order valence-corrected chi connectivity index (χ4v) is 4.35. The summed E-state index contributed by atoms with van der Waals surface area (Å²) in [6, 6.07) is 0.412. The summed E-state index contributed by atoms with van der Waals surface area (Å²) in [6.07, 6.45) is 4.27. The maximum Gasteiger partial charge on any atom is 0.211 e. The van der Waals surface area contributed by atoms with Crippen LogP contribution in [0.2, 0.25) is 0 Å². The predicted molar refractivity (Wildman–Crippen MR) is 79.6 cm³/mol. The zero-order valence-corrected chi connectivity index (χ0v) is 13.1. The minimum Gasteiger partial charge on any atom is -0.314 e. The van der Waals surface area contributed by atoms with E-state index in [0.717, 1.165) is 30.9 Å². The molecule has 0 radical (unpaired) electrons. The zero-order valence-electron chi connectivity index (χ0n) is 11.4. The van der Waals surface area contributed by atoms with Crippen molar-refractivity contribution in [3.8, 4) is 0 Å². The Morgan fingerprint density at radius 3 is 2.83 bits per heavy atom. The molecular formula is C12H26N2O2S2. The smallest absolute Gasteiger partial charge is 0.211 e. The van der Waals surface area contributed by atoms with Crippen molar-refractivity contribution in [2.75, 3.05) is 23.8 Å². The standard InChI is InChI=1S/C12H26N2O2S2/c1-3-17-10-11(2)14-18(15,16)9-7-12-6-4-5-8-13-12/h11-14H,3-10H2,1-2H3. The van der Waals surface area contributed by atoms with Gasteiger partial charge in [0.2, 0.25) is 10.0 Å². The lowest BCUT2D eigenvalue weighted by Crippen LogP contribution is -2.39. The molecule has 1 fully saturated rings. The van der Waals surface area contributed by atoms with Crippen molar-refractivity contribution < 1.29 is 8.42 Å². The summed E-state index contributed by atoms with van der Waals surface area (Å²) in [4.78, 5) is 0. The first-order valence-electron chi connectivity index (χ1n) is 6.84. The van der Waals surface area contributed by atoms with Gasteiger partial charge in [-0.05, 0) is 38.5 Å². The minimum atomic E-state index is -3.11. The summed E-state index contributed by atoms with van der Waals surface area (Å²) < 4.78 is 26.6. The highest BCUT2D eigenvalue weighted by Crippen LogP contribution is 2.11. The van der Waals surface area contributed by atoms with E-state index in [2.05, 4.69) is 17.0 Å². The Morgan fingerprint density at radius 2 is 2.22 bits per heavy atom. The minimum absolute atomic E-state index is 0.0271. The molecule has 4 nitrogen and oxygen atoms in total. The first kappa shape index (κ1) is 16.3. The van der Waals surface area contributed by atoms with Gasteiger partial charge in [0.15, 0.2) is 0 Å². The Hall–Kier alpha value is 0.220. The van der Waals surface area contributed by atoms with E-state index in [-0.39, 0.29) is 11.8 Å². The van der Waals surface area contributed by atoms with Gasteiger partial charge in [0.25, 0.3) is 0 Å². The first-order valence-corrected chi connectivity index (χ1v) is 9.65. The molecule has 0 amide bonds. The fourth-order valence-electron chi connectivity index (χ4n) is 2.16. The molecule has 6 heteroatoms. The molecule has 1 rings (SSSR count). The van der Waals surface area contributed by atoms with Gasteiger partial charge in [-0.15, -0.1) is 0 Å².